The monoisotopic (exact) mass is 248 g/mol. The zero-order valence-electron chi connectivity index (χ0n) is 9.90. The van der Waals surface area contributed by atoms with Gasteiger partial charge in [-0.1, -0.05) is 13.5 Å². The Morgan fingerprint density at radius 2 is 2.47 bits per heavy atom. The number of anilines is 1. The first-order chi connectivity index (χ1) is 8.24. The highest BCUT2D eigenvalue weighted by Gasteiger charge is 2.29. The number of thiophene rings is 1. The van der Waals surface area contributed by atoms with Gasteiger partial charge >= 0.3 is 0 Å². The van der Waals surface area contributed by atoms with Gasteiger partial charge in [0.15, 0.2) is 0 Å². The third-order valence-electron chi connectivity index (χ3n) is 2.71. The van der Waals surface area contributed by atoms with Gasteiger partial charge in [0.25, 0.3) is 0 Å². The fourth-order valence-corrected chi connectivity index (χ4v) is 2.62. The molecule has 1 amide bonds. The SMILES string of the molecule is C=C/N=C\c1sc(NC(=O)C2CC2)cc1CC. The Labute approximate surface area is 105 Å². The molecule has 0 bridgehead atoms. The van der Waals surface area contributed by atoms with Crippen molar-refractivity contribution in [2.24, 2.45) is 10.9 Å². The summed E-state index contributed by atoms with van der Waals surface area (Å²) in [5.74, 6) is 0.397. The Bertz CT molecular complexity index is 458. The highest BCUT2D eigenvalue weighted by atomic mass is 32.1. The normalized spacial score (nSPS) is 15.1. The Hall–Kier alpha value is -1.42. The molecule has 4 heteroatoms. The molecule has 1 aliphatic carbocycles. The number of hydrogen-bond donors (Lipinski definition) is 1. The van der Waals surface area contributed by atoms with Crippen LogP contribution in [0.15, 0.2) is 23.8 Å². The van der Waals surface area contributed by atoms with Crippen molar-refractivity contribution < 1.29 is 4.79 Å². The lowest BCUT2D eigenvalue weighted by atomic mass is 10.2. The molecule has 3 nitrogen and oxygen atoms in total. The van der Waals surface area contributed by atoms with Crippen LogP contribution in [0.1, 0.15) is 30.2 Å². The molecule has 1 N–H and O–H groups in total. The van der Waals surface area contributed by atoms with Crippen molar-refractivity contribution in [3.05, 3.63) is 29.3 Å². The van der Waals surface area contributed by atoms with Crippen molar-refractivity contribution in [3.63, 3.8) is 0 Å². The second kappa shape index (κ2) is 5.27. The van der Waals surface area contributed by atoms with E-state index in [0.717, 1.165) is 29.1 Å². The zero-order chi connectivity index (χ0) is 12.3. The number of nitrogens with one attached hydrogen (secondary N) is 1. The molecule has 0 aromatic carbocycles. The number of aryl methyl sites for hydroxylation is 1. The molecule has 0 unspecified atom stereocenters. The summed E-state index contributed by atoms with van der Waals surface area (Å²) in [6.45, 7) is 5.65. The van der Waals surface area contributed by atoms with Gasteiger partial charge in [0.2, 0.25) is 5.91 Å². The quantitative estimate of drug-likeness (QED) is 0.799. The fraction of sp³-hybridized carbons (Fsp3) is 0.385. The first-order valence-electron chi connectivity index (χ1n) is 5.82. The predicted octanol–water partition coefficient (Wildman–Crippen LogP) is 3.22. The second-order valence-electron chi connectivity index (χ2n) is 4.08. The van der Waals surface area contributed by atoms with Crippen molar-refractivity contribution in [1.29, 1.82) is 0 Å². The van der Waals surface area contributed by atoms with Crippen molar-refractivity contribution in [1.82, 2.24) is 0 Å². The number of carbonyl (C=O) groups is 1. The molecule has 1 heterocycles. The number of hydrogen-bond acceptors (Lipinski definition) is 3. The van der Waals surface area contributed by atoms with Crippen LogP contribution in [-0.2, 0) is 11.2 Å². The second-order valence-corrected chi connectivity index (χ2v) is 5.16. The highest BCUT2D eigenvalue weighted by Crippen LogP contribution is 2.32. The van der Waals surface area contributed by atoms with Crippen LogP contribution in [0.5, 0.6) is 0 Å². The first-order valence-corrected chi connectivity index (χ1v) is 6.64. The van der Waals surface area contributed by atoms with Crippen molar-refractivity contribution >= 4 is 28.5 Å². The van der Waals surface area contributed by atoms with Gasteiger partial charge in [-0.25, -0.2) is 0 Å². The molecule has 0 atom stereocenters. The minimum absolute atomic E-state index is 0.154. The van der Waals surface area contributed by atoms with E-state index in [0.29, 0.717) is 0 Å². The van der Waals surface area contributed by atoms with Gasteiger partial charge in [-0.2, -0.15) is 0 Å². The average molecular weight is 248 g/mol. The van der Waals surface area contributed by atoms with Crippen LogP contribution in [0.3, 0.4) is 0 Å². The molecule has 1 fully saturated rings. The maximum absolute atomic E-state index is 11.6. The van der Waals surface area contributed by atoms with E-state index >= 15 is 0 Å². The van der Waals surface area contributed by atoms with Gasteiger partial charge in [-0.05, 0) is 30.9 Å². The van der Waals surface area contributed by atoms with E-state index in [4.69, 9.17) is 0 Å². The van der Waals surface area contributed by atoms with E-state index in [-0.39, 0.29) is 11.8 Å². The fourth-order valence-electron chi connectivity index (χ4n) is 1.58. The van der Waals surface area contributed by atoms with E-state index in [1.807, 2.05) is 6.07 Å². The summed E-state index contributed by atoms with van der Waals surface area (Å²) in [6.07, 6.45) is 6.31. The molecule has 1 saturated carbocycles. The molecular formula is C13H16N2OS. The van der Waals surface area contributed by atoms with E-state index in [9.17, 15) is 4.79 Å². The largest absolute Gasteiger partial charge is 0.317 e. The maximum Gasteiger partial charge on any atom is 0.228 e. The molecule has 1 aliphatic rings. The summed E-state index contributed by atoms with van der Waals surface area (Å²) >= 11 is 1.57. The molecule has 0 radical (unpaired) electrons. The number of nitrogens with zero attached hydrogens (tertiary/aromatic N) is 1. The Kier molecular flexibility index (Phi) is 3.74. The van der Waals surface area contributed by atoms with Gasteiger partial charge in [-0.15, -0.1) is 11.3 Å². The molecule has 0 saturated heterocycles. The van der Waals surface area contributed by atoms with Crippen LogP contribution < -0.4 is 5.32 Å². The van der Waals surface area contributed by atoms with Gasteiger partial charge in [-0.3, -0.25) is 9.79 Å². The topological polar surface area (TPSA) is 41.5 Å². The van der Waals surface area contributed by atoms with Crippen LogP contribution in [-0.4, -0.2) is 12.1 Å². The molecule has 90 valence electrons. The standard InChI is InChI=1S/C13H16N2OS/c1-3-9-7-12(15-13(16)10-5-6-10)17-11(9)8-14-4-2/h4,7-8,10H,2-3,5-6H2,1H3,(H,15,16)/b14-8-. The van der Waals surface area contributed by atoms with Gasteiger partial charge in [0, 0.05) is 18.3 Å². The van der Waals surface area contributed by atoms with E-state index in [2.05, 4.69) is 23.8 Å². The molecular weight excluding hydrogens is 232 g/mol. The third-order valence-corrected chi connectivity index (χ3v) is 3.74. The molecule has 1 aromatic heterocycles. The van der Waals surface area contributed by atoms with Crippen LogP contribution in [0.25, 0.3) is 0 Å². The number of aliphatic imine (C=N–C) groups is 1. The Morgan fingerprint density at radius 3 is 3.06 bits per heavy atom. The van der Waals surface area contributed by atoms with Crippen molar-refractivity contribution in [2.45, 2.75) is 26.2 Å². The van der Waals surface area contributed by atoms with E-state index in [1.54, 1.807) is 17.6 Å². The zero-order valence-corrected chi connectivity index (χ0v) is 10.7. The van der Waals surface area contributed by atoms with E-state index < -0.39 is 0 Å². The van der Waals surface area contributed by atoms with Crippen LogP contribution in [0, 0.1) is 5.92 Å². The number of rotatable bonds is 5. The lowest BCUT2D eigenvalue weighted by Crippen LogP contribution is -2.11. The van der Waals surface area contributed by atoms with Crippen LogP contribution >= 0.6 is 11.3 Å². The Balaban J connectivity index is 2.11. The first kappa shape index (κ1) is 12.0. The number of carbonyl (C=O) groups excluding carboxylic acids is 1. The summed E-state index contributed by atoms with van der Waals surface area (Å²) < 4.78 is 0. The summed E-state index contributed by atoms with van der Waals surface area (Å²) in [4.78, 5) is 16.8. The summed E-state index contributed by atoms with van der Waals surface area (Å²) in [7, 11) is 0. The minimum Gasteiger partial charge on any atom is -0.317 e. The maximum atomic E-state index is 11.6. The number of amides is 1. The highest BCUT2D eigenvalue weighted by molar-refractivity contribution is 7.18. The molecule has 0 spiro atoms. The third kappa shape index (κ3) is 3.03. The summed E-state index contributed by atoms with van der Waals surface area (Å²) in [5, 5.41) is 3.89. The molecule has 0 aliphatic heterocycles. The lowest BCUT2D eigenvalue weighted by Gasteiger charge is -1.98. The van der Waals surface area contributed by atoms with Crippen molar-refractivity contribution in [3.8, 4) is 0 Å². The molecule has 17 heavy (non-hydrogen) atoms. The Morgan fingerprint density at radius 1 is 1.71 bits per heavy atom. The smallest absolute Gasteiger partial charge is 0.228 e. The van der Waals surface area contributed by atoms with Gasteiger partial charge in [0.1, 0.15) is 0 Å². The summed E-state index contributed by atoms with van der Waals surface area (Å²) in [5.41, 5.74) is 1.21. The molecule has 1 aromatic rings. The van der Waals surface area contributed by atoms with Gasteiger partial charge < -0.3 is 5.32 Å². The summed E-state index contributed by atoms with van der Waals surface area (Å²) in [6, 6.07) is 2.04. The molecule has 2 rings (SSSR count). The van der Waals surface area contributed by atoms with Gasteiger partial charge in [0.05, 0.1) is 9.88 Å². The average Bonchev–Trinajstić information content (AvgIpc) is 3.10. The minimum atomic E-state index is 0.154. The lowest BCUT2D eigenvalue weighted by molar-refractivity contribution is -0.117. The van der Waals surface area contributed by atoms with Crippen molar-refractivity contribution in [2.75, 3.05) is 5.32 Å². The van der Waals surface area contributed by atoms with Crippen LogP contribution in [0.4, 0.5) is 5.00 Å². The van der Waals surface area contributed by atoms with Crippen LogP contribution in [0.2, 0.25) is 0 Å². The predicted molar refractivity (Wildman–Crippen MR) is 72.8 cm³/mol. The van der Waals surface area contributed by atoms with E-state index in [1.165, 1.54) is 11.8 Å².